The van der Waals surface area contributed by atoms with E-state index in [9.17, 15) is 4.79 Å². The molecule has 0 aliphatic rings. The maximum Gasteiger partial charge on any atom is 0.247 e. The number of anilines is 1. The molecule has 3 heterocycles. The Morgan fingerprint density at radius 2 is 2.18 bits per heavy atom. The van der Waals surface area contributed by atoms with Crippen molar-refractivity contribution in [2.75, 3.05) is 12.4 Å². The molecule has 1 aromatic carbocycles. The van der Waals surface area contributed by atoms with Crippen molar-refractivity contribution >= 4 is 46.1 Å². The number of hydrogen-bond acceptors (Lipinski definition) is 6. The number of H-pyrrole nitrogens is 1. The van der Waals surface area contributed by atoms with Gasteiger partial charge in [0.25, 0.3) is 0 Å². The summed E-state index contributed by atoms with van der Waals surface area (Å²) >= 11 is 6.89. The summed E-state index contributed by atoms with van der Waals surface area (Å²) in [6.45, 7) is 1.80. The first-order valence-electron chi connectivity index (χ1n) is 8.53. The highest BCUT2D eigenvalue weighted by Gasteiger charge is 2.21. The quantitative estimate of drug-likeness (QED) is 0.475. The van der Waals surface area contributed by atoms with Crippen molar-refractivity contribution in [2.45, 2.75) is 13.0 Å². The van der Waals surface area contributed by atoms with Crippen LogP contribution in [-0.2, 0) is 4.79 Å². The van der Waals surface area contributed by atoms with Gasteiger partial charge in [-0.15, -0.1) is 11.3 Å². The number of nitrogens with one attached hydrogen (secondary N) is 2. The predicted molar refractivity (Wildman–Crippen MR) is 112 cm³/mol. The van der Waals surface area contributed by atoms with Gasteiger partial charge in [0.05, 0.1) is 17.5 Å². The van der Waals surface area contributed by atoms with Crippen LogP contribution in [-0.4, -0.2) is 32.8 Å². The van der Waals surface area contributed by atoms with Crippen LogP contribution in [0.2, 0.25) is 0 Å². The zero-order valence-electron chi connectivity index (χ0n) is 15.2. The molecule has 1 unspecified atom stereocenters. The summed E-state index contributed by atoms with van der Waals surface area (Å²) in [7, 11) is 1.58. The van der Waals surface area contributed by atoms with E-state index >= 15 is 0 Å². The standard InChI is InChI=1S/C19H17N5O2S2/c1-11(24-17(22-23-19(24)27)15-4-3-9-28-15)18(25)20-13-6-7-14-12(10-13)5-8-16(21-14)26-2/h3-11H,1-2H3,(H,20,25)(H,23,27). The molecule has 2 N–H and O–H groups in total. The van der Waals surface area contributed by atoms with Crippen LogP contribution in [0, 0.1) is 4.77 Å². The number of nitrogens with zero attached hydrogens (tertiary/aromatic N) is 3. The molecule has 0 fully saturated rings. The Hall–Kier alpha value is -3.04. The summed E-state index contributed by atoms with van der Waals surface area (Å²) < 4.78 is 7.27. The summed E-state index contributed by atoms with van der Waals surface area (Å²) in [6.07, 6.45) is 0. The van der Waals surface area contributed by atoms with Crippen molar-refractivity contribution in [1.82, 2.24) is 19.7 Å². The predicted octanol–water partition coefficient (Wildman–Crippen LogP) is 4.43. The Morgan fingerprint density at radius 3 is 2.93 bits per heavy atom. The number of benzene rings is 1. The lowest BCUT2D eigenvalue weighted by atomic mass is 10.2. The van der Waals surface area contributed by atoms with Gasteiger partial charge in [-0.25, -0.2) is 4.98 Å². The normalized spacial score (nSPS) is 12.1. The van der Waals surface area contributed by atoms with Crippen LogP contribution in [0.1, 0.15) is 13.0 Å². The van der Waals surface area contributed by atoms with Gasteiger partial charge in [0.15, 0.2) is 10.6 Å². The van der Waals surface area contributed by atoms with E-state index in [1.54, 1.807) is 36.0 Å². The van der Waals surface area contributed by atoms with Gasteiger partial charge in [-0.2, -0.15) is 5.10 Å². The van der Waals surface area contributed by atoms with Crippen molar-refractivity contribution in [2.24, 2.45) is 0 Å². The molecule has 7 nitrogen and oxygen atoms in total. The number of carbonyl (C=O) groups is 1. The number of ether oxygens (including phenoxy) is 1. The van der Waals surface area contributed by atoms with Crippen molar-refractivity contribution < 1.29 is 9.53 Å². The fourth-order valence-corrected chi connectivity index (χ4v) is 3.91. The molecule has 0 aliphatic carbocycles. The fraction of sp³-hybridized carbons (Fsp3) is 0.158. The molecule has 28 heavy (non-hydrogen) atoms. The zero-order valence-corrected chi connectivity index (χ0v) is 16.8. The minimum atomic E-state index is -0.534. The van der Waals surface area contributed by atoms with Gasteiger partial charge in [0.2, 0.25) is 11.8 Å². The van der Waals surface area contributed by atoms with Gasteiger partial charge >= 0.3 is 0 Å². The number of aromatic nitrogens is 4. The lowest BCUT2D eigenvalue weighted by Gasteiger charge is -2.15. The van der Waals surface area contributed by atoms with Gasteiger partial charge in [-0.05, 0) is 54.9 Å². The van der Waals surface area contributed by atoms with Crippen LogP contribution in [0.4, 0.5) is 5.69 Å². The third kappa shape index (κ3) is 3.41. The molecule has 1 atom stereocenters. The second kappa shape index (κ2) is 7.53. The molecule has 0 saturated carbocycles. The number of hydrogen-bond donors (Lipinski definition) is 2. The SMILES string of the molecule is COc1ccc2cc(NC(=O)C(C)n3c(-c4cccs4)n[nH]c3=S)ccc2n1. The monoisotopic (exact) mass is 411 g/mol. The van der Waals surface area contributed by atoms with E-state index < -0.39 is 6.04 Å². The Bertz CT molecular complexity index is 1200. The first-order valence-corrected chi connectivity index (χ1v) is 9.82. The van der Waals surface area contributed by atoms with E-state index in [0.29, 0.717) is 22.2 Å². The fourth-order valence-electron chi connectivity index (χ4n) is 2.91. The maximum absolute atomic E-state index is 12.9. The van der Waals surface area contributed by atoms with Crippen molar-refractivity contribution in [1.29, 1.82) is 0 Å². The number of methoxy groups -OCH3 is 1. The zero-order chi connectivity index (χ0) is 19.7. The highest BCUT2D eigenvalue weighted by molar-refractivity contribution is 7.71. The lowest BCUT2D eigenvalue weighted by Crippen LogP contribution is -2.24. The van der Waals surface area contributed by atoms with Crippen molar-refractivity contribution in [3.05, 3.63) is 52.6 Å². The Morgan fingerprint density at radius 1 is 1.32 bits per heavy atom. The third-order valence-corrected chi connectivity index (χ3v) is 5.51. The smallest absolute Gasteiger partial charge is 0.247 e. The number of amides is 1. The van der Waals surface area contributed by atoms with Crippen molar-refractivity contribution in [3.8, 4) is 16.6 Å². The van der Waals surface area contributed by atoms with Gasteiger partial charge in [-0.1, -0.05) is 6.07 Å². The van der Waals surface area contributed by atoms with E-state index in [0.717, 1.165) is 15.8 Å². The van der Waals surface area contributed by atoms with E-state index in [4.69, 9.17) is 17.0 Å². The van der Waals surface area contributed by atoms with Crippen LogP contribution < -0.4 is 10.1 Å². The summed E-state index contributed by atoms with van der Waals surface area (Å²) in [5.41, 5.74) is 1.48. The second-order valence-electron chi connectivity index (χ2n) is 6.13. The first kappa shape index (κ1) is 18.3. The van der Waals surface area contributed by atoms with Crippen LogP contribution >= 0.6 is 23.6 Å². The highest BCUT2D eigenvalue weighted by atomic mass is 32.1. The summed E-state index contributed by atoms with van der Waals surface area (Å²) in [5, 5.41) is 12.9. The van der Waals surface area contributed by atoms with Crippen molar-refractivity contribution in [3.63, 3.8) is 0 Å². The van der Waals surface area contributed by atoms with Gasteiger partial charge < -0.3 is 10.1 Å². The molecule has 1 amide bonds. The number of thiophene rings is 1. The second-order valence-corrected chi connectivity index (χ2v) is 7.46. The summed E-state index contributed by atoms with van der Waals surface area (Å²) in [5.74, 6) is 1.02. The van der Waals surface area contributed by atoms with E-state index in [2.05, 4.69) is 20.5 Å². The van der Waals surface area contributed by atoms with E-state index in [-0.39, 0.29) is 5.91 Å². The number of pyridine rings is 1. The average molecular weight is 412 g/mol. The molecule has 0 spiro atoms. The van der Waals surface area contributed by atoms with Crippen LogP contribution in [0.15, 0.2) is 47.8 Å². The summed E-state index contributed by atoms with van der Waals surface area (Å²) in [6, 6.07) is 12.6. The van der Waals surface area contributed by atoms with Gasteiger partial charge in [0.1, 0.15) is 6.04 Å². The Kier molecular flexibility index (Phi) is 4.93. The molecule has 0 bridgehead atoms. The number of carbonyl (C=O) groups excluding carboxylic acids is 1. The molecular weight excluding hydrogens is 394 g/mol. The first-order chi connectivity index (χ1) is 13.6. The largest absolute Gasteiger partial charge is 0.481 e. The molecule has 4 rings (SSSR count). The third-order valence-electron chi connectivity index (χ3n) is 4.35. The number of aromatic amines is 1. The Balaban J connectivity index is 1.60. The topological polar surface area (TPSA) is 84.8 Å². The van der Waals surface area contributed by atoms with E-state index in [1.807, 2.05) is 41.8 Å². The van der Waals surface area contributed by atoms with Gasteiger partial charge in [-0.3, -0.25) is 14.5 Å². The van der Waals surface area contributed by atoms with Gasteiger partial charge in [0, 0.05) is 17.1 Å². The number of rotatable bonds is 5. The molecule has 3 aromatic heterocycles. The van der Waals surface area contributed by atoms with Crippen LogP contribution in [0.25, 0.3) is 21.6 Å². The minimum absolute atomic E-state index is 0.184. The van der Waals surface area contributed by atoms with E-state index in [1.165, 1.54) is 0 Å². The van der Waals surface area contributed by atoms with Crippen LogP contribution in [0.5, 0.6) is 5.88 Å². The molecule has 0 saturated heterocycles. The Labute approximate surface area is 170 Å². The van der Waals surface area contributed by atoms with Crippen LogP contribution in [0.3, 0.4) is 0 Å². The summed E-state index contributed by atoms with van der Waals surface area (Å²) in [4.78, 5) is 18.2. The molecule has 0 aliphatic heterocycles. The number of fused-ring (bicyclic) bond motifs is 1. The molecule has 9 heteroatoms. The molecular formula is C19H17N5O2S2. The molecule has 142 valence electrons. The lowest BCUT2D eigenvalue weighted by molar-refractivity contribution is -0.118. The minimum Gasteiger partial charge on any atom is -0.481 e. The molecule has 4 aromatic rings. The molecule has 0 radical (unpaired) electrons. The highest BCUT2D eigenvalue weighted by Crippen LogP contribution is 2.26. The average Bonchev–Trinajstić information content (AvgIpc) is 3.36. The maximum atomic E-state index is 12.9.